The number of ether oxygens (including phenoxy) is 1. The monoisotopic (exact) mass is 274 g/mol. The molecule has 3 rings (SSSR count). The normalized spacial score (nSPS) is 20.5. The van der Waals surface area contributed by atoms with Gasteiger partial charge in [-0.1, -0.05) is 5.16 Å². The molecule has 1 N–H and O–H groups in total. The highest BCUT2D eigenvalue weighted by molar-refractivity contribution is 6.04. The van der Waals surface area contributed by atoms with Crippen LogP contribution in [0.3, 0.4) is 0 Å². The number of rotatable bonds is 5. The Labute approximate surface area is 120 Å². The highest BCUT2D eigenvalue weighted by Gasteiger charge is 2.18. The molecule has 0 radical (unpaired) electrons. The maximum Gasteiger partial charge on any atom is 0.119 e. The molecule has 0 amide bonds. The smallest absolute Gasteiger partial charge is 0.119 e. The van der Waals surface area contributed by atoms with E-state index in [0.717, 1.165) is 49.4 Å². The zero-order chi connectivity index (χ0) is 13.8. The summed E-state index contributed by atoms with van der Waals surface area (Å²) in [4.78, 5) is 2.51. The average Bonchev–Trinajstić information content (AvgIpc) is 3.12. The van der Waals surface area contributed by atoms with Crippen LogP contribution >= 0.6 is 0 Å². The van der Waals surface area contributed by atoms with E-state index in [1.807, 2.05) is 12.1 Å². The first-order valence-corrected chi connectivity index (χ1v) is 7.56. The summed E-state index contributed by atoms with van der Waals surface area (Å²) >= 11 is 0. The zero-order valence-electron chi connectivity index (χ0n) is 11.8. The molecule has 0 unspecified atom stereocenters. The van der Waals surface area contributed by atoms with Crippen LogP contribution in [-0.2, 0) is 6.42 Å². The Morgan fingerprint density at radius 1 is 1.20 bits per heavy atom. The van der Waals surface area contributed by atoms with Crippen molar-refractivity contribution in [3.63, 3.8) is 0 Å². The Morgan fingerprint density at radius 3 is 2.85 bits per heavy atom. The summed E-state index contributed by atoms with van der Waals surface area (Å²) in [6.07, 6.45) is 5.55. The van der Waals surface area contributed by atoms with Gasteiger partial charge in [0.25, 0.3) is 0 Å². The maximum atomic E-state index is 8.91. The Kier molecular flexibility index (Phi) is 4.21. The molecule has 1 saturated heterocycles. The van der Waals surface area contributed by atoms with Crippen molar-refractivity contribution in [2.45, 2.75) is 32.1 Å². The molecule has 0 aromatic heterocycles. The molecule has 1 aromatic carbocycles. The minimum absolute atomic E-state index is 0.774. The zero-order valence-corrected chi connectivity index (χ0v) is 11.8. The van der Waals surface area contributed by atoms with E-state index in [1.165, 1.54) is 31.5 Å². The lowest BCUT2D eigenvalue weighted by molar-refractivity contribution is 0.263. The molecule has 1 aromatic rings. The molecule has 0 bridgehead atoms. The minimum atomic E-state index is 0.774. The van der Waals surface area contributed by atoms with E-state index < -0.39 is 0 Å². The molecule has 1 fully saturated rings. The quantitative estimate of drug-likeness (QED) is 0.510. The first-order chi connectivity index (χ1) is 9.86. The van der Waals surface area contributed by atoms with E-state index in [4.69, 9.17) is 9.94 Å². The summed E-state index contributed by atoms with van der Waals surface area (Å²) in [7, 11) is 0. The molecule has 0 saturated carbocycles. The number of likely N-dealkylation sites (tertiary alicyclic amines) is 1. The largest absolute Gasteiger partial charge is 0.494 e. The van der Waals surface area contributed by atoms with Gasteiger partial charge in [0.05, 0.1) is 12.3 Å². The number of benzene rings is 1. The van der Waals surface area contributed by atoms with E-state index in [1.54, 1.807) is 0 Å². The van der Waals surface area contributed by atoms with Crippen LogP contribution in [0.4, 0.5) is 0 Å². The molecular weight excluding hydrogens is 252 g/mol. The fourth-order valence-electron chi connectivity index (χ4n) is 3.12. The van der Waals surface area contributed by atoms with Gasteiger partial charge in [-0.25, -0.2) is 0 Å². The van der Waals surface area contributed by atoms with E-state index in [-0.39, 0.29) is 0 Å². The van der Waals surface area contributed by atoms with Crippen LogP contribution in [0.2, 0.25) is 0 Å². The van der Waals surface area contributed by atoms with Crippen molar-refractivity contribution in [1.82, 2.24) is 4.90 Å². The predicted molar refractivity (Wildman–Crippen MR) is 78.9 cm³/mol. The summed E-state index contributed by atoms with van der Waals surface area (Å²) < 4.78 is 5.83. The second kappa shape index (κ2) is 6.27. The third-order valence-electron chi connectivity index (χ3n) is 4.23. The SMILES string of the molecule is O/N=C1/CCc2cc(OCCCN3CCCC3)ccc21. The number of aryl methyl sites for hydroxylation is 1. The van der Waals surface area contributed by atoms with Crippen LogP contribution < -0.4 is 4.74 Å². The standard InChI is InChI=1S/C16H22N2O2/c19-17-16-7-4-13-12-14(5-6-15(13)16)20-11-3-10-18-8-1-2-9-18/h5-6,12,19H,1-4,7-11H2/b17-16-. The minimum Gasteiger partial charge on any atom is -0.494 e. The van der Waals surface area contributed by atoms with Gasteiger partial charge in [-0.15, -0.1) is 0 Å². The predicted octanol–water partition coefficient (Wildman–Crippen LogP) is 2.68. The highest BCUT2D eigenvalue weighted by atomic mass is 16.5. The van der Waals surface area contributed by atoms with Gasteiger partial charge in [0.1, 0.15) is 5.75 Å². The van der Waals surface area contributed by atoms with Gasteiger partial charge in [0, 0.05) is 12.1 Å². The topological polar surface area (TPSA) is 45.1 Å². The van der Waals surface area contributed by atoms with Crippen molar-refractivity contribution in [3.8, 4) is 5.75 Å². The van der Waals surface area contributed by atoms with Crippen LogP contribution in [0.1, 0.15) is 36.8 Å². The first kappa shape index (κ1) is 13.4. The summed E-state index contributed by atoms with van der Waals surface area (Å²) in [6, 6.07) is 6.07. The maximum absolute atomic E-state index is 8.91. The lowest BCUT2D eigenvalue weighted by Gasteiger charge is -2.14. The van der Waals surface area contributed by atoms with Crippen molar-refractivity contribution in [2.24, 2.45) is 5.16 Å². The van der Waals surface area contributed by atoms with E-state index in [0.29, 0.717) is 0 Å². The molecule has 1 aliphatic carbocycles. The molecule has 108 valence electrons. The lowest BCUT2D eigenvalue weighted by Crippen LogP contribution is -2.21. The fraction of sp³-hybridized carbons (Fsp3) is 0.562. The van der Waals surface area contributed by atoms with Crippen LogP contribution in [-0.4, -0.2) is 42.1 Å². The Hall–Kier alpha value is -1.55. The van der Waals surface area contributed by atoms with Crippen LogP contribution in [0.25, 0.3) is 0 Å². The summed E-state index contributed by atoms with van der Waals surface area (Å²) in [6.45, 7) is 4.42. The van der Waals surface area contributed by atoms with Crippen molar-refractivity contribution < 1.29 is 9.94 Å². The molecule has 4 nitrogen and oxygen atoms in total. The van der Waals surface area contributed by atoms with Crippen LogP contribution in [0, 0.1) is 0 Å². The van der Waals surface area contributed by atoms with E-state index >= 15 is 0 Å². The van der Waals surface area contributed by atoms with Crippen LogP contribution in [0.5, 0.6) is 5.75 Å². The van der Waals surface area contributed by atoms with Gasteiger partial charge in [-0.3, -0.25) is 0 Å². The Bertz CT molecular complexity index is 493. The number of hydrogen-bond acceptors (Lipinski definition) is 4. The van der Waals surface area contributed by atoms with Crippen molar-refractivity contribution >= 4 is 5.71 Å². The second-order valence-electron chi connectivity index (χ2n) is 5.62. The molecule has 0 spiro atoms. The fourth-order valence-corrected chi connectivity index (χ4v) is 3.12. The van der Waals surface area contributed by atoms with Crippen molar-refractivity contribution in [2.75, 3.05) is 26.2 Å². The lowest BCUT2D eigenvalue weighted by atomic mass is 10.1. The molecule has 20 heavy (non-hydrogen) atoms. The average molecular weight is 274 g/mol. The first-order valence-electron chi connectivity index (χ1n) is 7.56. The molecule has 2 aliphatic rings. The highest BCUT2D eigenvalue weighted by Crippen LogP contribution is 2.26. The molecule has 1 heterocycles. The number of hydrogen-bond donors (Lipinski definition) is 1. The van der Waals surface area contributed by atoms with Crippen molar-refractivity contribution in [1.29, 1.82) is 0 Å². The van der Waals surface area contributed by atoms with Crippen molar-refractivity contribution in [3.05, 3.63) is 29.3 Å². The summed E-state index contributed by atoms with van der Waals surface area (Å²) in [5, 5.41) is 12.3. The number of fused-ring (bicyclic) bond motifs is 1. The second-order valence-corrected chi connectivity index (χ2v) is 5.62. The van der Waals surface area contributed by atoms with Gasteiger partial charge in [0.15, 0.2) is 0 Å². The van der Waals surface area contributed by atoms with Gasteiger partial charge in [-0.05, 0) is 69.0 Å². The van der Waals surface area contributed by atoms with Gasteiger partial charge in [0.2, 0.25) is 0 Å². The van der Waals surface area contributed by atoms with Crippen LogP contribution in [0.15, 0.2) is 23.4 Å². The Morgan fingerprint density at radius 2 is 2.05 bits per heavy atom. The Balaban J connectivity index is 1.49. The third-order valence-corrected chi connectivity index (χ3v) is 4.23. The molecule has 0 atom stereocenters. The number of oxime groups is 1. The molecule has 1 aliphatic heterocycles. The van der Waals surface area contributed by atoms with Gasteiger partial charge < -0.3 is 14.8 Å². The summed E-state index contributed by atoms with van der Waals surface area (Å²) in [5.41, 5.74) is 3.09. The molecular formula is C16H22N2O2. The third kappa shape index (κ3) is 2.96. The van der Waals surface area contributed by atoms with E-state index in [9.17, 15) is 0 Å². The van der Waals surface area contributed by atoms with Gasteiger partial charge >= 0.3 is 0 Å². The van der Waals surface area contributed by atoms with E-state index in [2.05, 4.69) is 16.1 Å². The number of nitrogens with zero attached hydrogens (tertiary/aromatic N) is 2. The van der Waals surface area contributed by atoms with Gasteiger partial charge in [-0.2, -0.15) is 0 Å². The molecule has 4 heteroatoms. The summed E-state index contributed by atoms with van der Waals surface area (Å²) in [5.74, 6) is 0.935.